The van der Waals surface area contributed by atoms with Gasteiger partial charge in [0.1, 0.15) is 30.3 Å². The Labute approximate surface area is 158 Å². The van der Waals surface area contributed by atoms with Crippen molar-refractivity contribution in [3.05, 3.63) is 29.6 Å². The summed E-state index contributed by atoms with van der Waals surface area (Å²) < 4.78 is 19.0. The molecule has 1 aromatic rings. The zero-order chi connectivity index (χ0) is 20.0. The first-order valence-corrected chi connectivity index (χ1v) is 8.55. The molecule has 1 amide bonds. The average Bonchev–Trinajstić information content (AvgIpc) is 3.08. The number of amides is 1. The Morgan fingerprint density at radius 2 is 2.11 bits per heavy atom. The van der Waals surface area contributed by atoms with E-state index in [9.17, 15) is 14.4 Å². The Balaban J connectivity index is 1.96. The summed E-state index contributed by atoms with van der Waals surface area (Å²) in [4.78, 5) is 14.0. The highest BCUT2D eigenvalue weighted by molar-refractivity contribution is 5.80. The van der Waals surface area contributed by atoms with E-state index in [1.165, 1.54) is 17.0 Å². The van der Waals surface area contributed by atoms with E-state index in [1.54, 1.807) is 0 Å². The highest BCUT2D eigenvalue weighted by atomic mass is 19.1. The van der Waals surface area contributed by atoms with E-state index in [2.05, 4.69) is 17.3 Å². The Kier molecular flexibility index (Phi) is 6.40. The molecule has 1 saturated heterocycles. The number of hydrogen-bond acceptors (Lipinski definition) is 5. The van der Waals surface area contributed by atoms with Gasteiger partial charge in [-0.3, -0.25) is 4.79 Å². The molecule has 1 N–H and O–H groups in total. The first-order chi connectivity index (χ1) is 12.8. The van der Waals surface area contributed by atoms with E-state index in [0.29, 0.717) is 12.8 Å². The van der Waals surface area contributed by atoms with Crippen molar-refractivity contribution in [2.45, 2.75) is 44.3 Å². The van der Waals surface area contributed by atoms with Crippen LogP contribution >= 0.6 is 0 Å². The van der Waals surface area contributed by atoms with Crippen LogP contribution in [0.25, 0.3) is 0 Å². The minimum atomic E-state index is -0.637. The Bertz CT molecular complexity index is 810. The van der Waals surface area contributed by atoms with Gasteiger partial charge in [-0.2, -0.15) is 10.5 Å². The van der Waals surface area contributed by atoms with Crippen molar-refractivity contribution < 1.29 is 13.9 Å². The van der Waals surface area contributed by atoms with E-state index in [-0.39, 0.29) is 36.4 Å². The fraction of sp³-hybridized carbons (Fsp3) is 0.450. The Morgan fingerprint density at radius 1 is 1.41 bits per heavy atom. The highest BCUT2D eigenvalue weighted by Crippen LogP contribution is 2.24. The second kappa shape index (κ2) is 8.54. The largest absolute Gasteiger partial charge is 0.490 e. The SMILES string of the molecule is C#C[C@H]1CC[C@@H](C#N)N1C(=O)CNC(C)(C)COc1cc(F)ccc1C#N. The van der Waals surface area contributed by atoms with Crippen LogP contribution in [-0.2, 0) is 4.79 Å². The number of nitriles is 2. The van der Waals surface area contributed by atoms with Crippen molar-refractivity contribution in [1.29, 1.82) is 10.5 Å². The third-order valence-electron chi connectivity index (χ3n) is 4.39. The molecule has 7 heteroatoms. The molecule has 1 fully saturated rings. The van der Waals surface area contributed by atoms with E-state index in [1.807, 2.05) is 19.9 Å². The highest BCUT2D eigenvalue weighted by Gasteiger charge is 2.36. The monoisotopic (exact) mass is 368 g/mol. The second-order valence-electron chi connectivity index (χ2n) is 6.98. The number of hydrogen-bond donors (Lipinski definition) is 1. The molecular formula is C20H21FN4O2. The molecule has 0 aliphatic carbocycles. The minimum absolute atomic E-state index is 0.0129. The maximum absolute atomic E-state index is 13.4. The molecule has 1 aliphatic heterocycles. The normalized spacial score (nSPS) is 19.0. The van der Waals surface area contributed by atoms with Gasteiger partial charge in [0.05, 0.1) is 24.2 Å². The molecule has 0 spiro atoms. The van der Waals surface area contributed by atoms with Crippen molar-refractivity contribution in [2.24, 2.45) is 0 Å². The van der Waals surface area contributed by atoms with Crippen LogP contribution in [0, 0.1) is 40.8 Å². The number of likely N-dealkylation sites (tertiary alicyclic amines) is 1. The van der Waals surface area contributed by atoms with Gasteiger partial charge in [-0.25, -0.2) is 4.39 Å². The molecule has 27 heavy (non-hydrogen) atoms. The third-order valence-corrected chi connectivity index (χ3v) is 4.39. The number of halogens is 1. The molecular weight excluding hydrogens is 347 g/mol. The summed E-state index contributed by atoms with van der Waals surface area (Å²) in [6, 6.07) is 6.88. The molecule has 1 aliphatic rings. The number of carbonyl (C=O) groups excluding carboxylic acids is 1. The van der Waals surface area contributed by atoms with Gasteiger partial charge in [0.15, 0.2) is 0 Å². The summed E-state index contributed by atoms with van der Waals surface area (Å²) in [7, 11) is 0. The lowest BCUT2D eigenvalue weighted by molar-refractivity contribution is -0.131. The van der Waals surface area contributed by atoms with Crippen molar-refractivity contribution in [3.8, 4) is 30.2 Å². The molecule has 0 radical (unpaired) electrons. The molecule has 1 aromatic carbocycles. The summed E-state index contributed by atoms with van der Waals surface area (Å²) in [5.41, 5.74) is -0.406. The number of carbonyl (C=O) groups is 1. The van der Waals surface area contributed by atoms with E-state index in [0.717, 1.165) is 6.07 Å². The van der Waals surface area contributed by atoms with Gasteiger partial charge < -0.3 is 15.0 Å². The molecule has 0 saturated carbocycles. The van der Waals surface area contributed by atoms with Gasteiger partial charge in [-0.1, -0.05) is 5.92 Å². The predicted molar refractivity (Wildman–Crippen MR) is 96.8 cm³/mol. The number of ether oxygens (including phenoxy) is 1. The van der Waals surface area contributed by atoms with Crippen LogP contribution in [-0.4, -0.2) is 41.6 Å². The van der Waals surface area contributed by atoms with Crippen molar-refractivity contribution >= 4 is 5.91 Å². The van der Waals surface area contributed by atoms with Gasteiger partial charge in [-0.15, -0.1) is 6.42 Å². The smallest absolute Gasteiger partial charge is 0.238 e. The summed E-state index contributed by atoms with van der Waals surface area (Å²) in [5.74, 6) is 1.96. The number of terminal acetylenes is 1. The fourth-order valence-corrected chi connectivity index (χ4v) is 2.87. The van der Waals surface area contributed by atoms with Crippen LogP contribution in [0.5, 0.6) is 5.75 Å². The number of nitrogens with one attached hydrogen (secondary N) is 1. The van der Waals surface area contributed by atoms with Gasteiger partial charge in [0.2, 0.25) is 5.91 Å². The van der Waals surface area contributed by atoms with Crippen LogP contribution in [0.4, 0.5) is 4.39 Å². The number of rotatable bonds is 6. The van der Waals surface area contributed by atoms with Gasteiger partial charge in [-0.05, 0) is 38.8 Å². The number of benzene rings is 1. The third kappa shape index (κ3) is 4.97. The summed E-state index contributed by atoms with van der Waals surface area (Å²) in [6.07, 6.45) is 6.65. The van der Waals surface area contributed by atoms with Gasteiger partial charge in [0.25, 0.3) is 0 Å². The van der Waals surface area contributed by atoms with Crippen LogP contribution in [0.1, 0.15) is 32.3 Å². The predicted octanol–water partition coefficient (Wildman–Crippen LogP) is 1.96. The van der Waals surface area contributed by atoms with Crippen LogP contribution in [0.3, 0.4) is 0 Å². The van der Waals surface area contributed by atoms with Gasteiger partial charge in [0, 0.05) is 11.6 Å². The lowest BCUT2D eigenvalue weighted by Crippen LogP contribution is -2.51. The van der Waals surface area contributed by atoms with E-state index < -0.39 is 17.4 Å². The van der Waals surface area contributed by atoms with E-state index >= 15 is 0 Å². The Morgan fingerprint density at radius 3 is 2.74 bits per heavy atom. The van der Waals surface area contributed by atoms with Crippen LogP contribution in [0.2, 0.25) is 0 Å². The molecule has 2 rings (SSSR count). The standard InChI is InChI=1S/C20H21FN4O2/c1-4-16-7-8-17(11-23)25(16)19(26)12-24-20(2,3)13-27-18-9-15(21)6-5-14(18)10-22/h1,5-6,9,16-17,24H,7-8,12-13H2,2-3H3/t16-,17-/m0/s1. The van der Waals surface area contributed by atoms with Crippen molar-refractivity contribution in [1.82, 2.24) is 10.2 Å². The lowest BCUT2D eigenvalue weighted by Gasteiger charge is -2.29. The topological polar surface area (TPSA) is 89.2 Å². The maximum Gasteiger partial charge on any atom is 0.238 e. The summed E-state index contributed by atoms with van der Waals surface area (Å²) in [5, 5.41) is 21.3. The lowest BCUT2D eigenvalue weighted by atomic mass is 10.1. The maximum atomic E-state index is 13.4. The molecule has 2 atom stereocenters. The van der Waals surface area contributed by atoms with E-state index in [4.69, 9.17) is 16.4 Å². The zero-order valence-corrected chi connectivity index (χ0v) is 15.3. The molecule has 0 unspecified atom stereocenters. The quantitative estimate of drug-likeness (QED) is 0.776. The van der Waals surface area contributed by atoms with Crippen molar-refractivity contribution in [3.63, 3.8) is 0 Å². The minimum Gasteiger partial charge on any atom is -0.490 e. The molecule has 0 bridgehead atoms. The van der Waals surface area contributed by atoms with Crippen LogP contribution in [0.15, 0.2) is 18.2 Å². The van der Waals surface area contributed by atoms with Crippen molar-refractivity contribution in [2.75, 3.05) is 13.2 Å². The molecule has 1 heterocycles. The molecule has 0 aromatic heterocycles. The second-order valence-corrected chi connectivity index (χ2v) is 6.98. The number of nitrogens with zero attached hydrogens (tertiary/aromatic N) is 3. The van der Waals surface area contributed by atoms with Crippen LogP contribution < -0.4 is 10.1 Å². The first-order valence-electron chi connectivity index (χ1n) is 8.55. The molecule has 140 valence electrons. The first kappa shape index (κ1) is 20.2. The summed E-state index contributed by atoms with van der Waals surface area (Å²) >= 11 is 0. The summed E-state index contributed by atoms with van der Waals surface area (Å²) in [6.45, 7) is 3.73. The Hall–Kier alpha value is -3.08. The average molecular weight is 368 g/mol. The zero-order valence-electron chi connectivity index (χ0n) is 15.3. The fourth-order valence-electron chi connectivity index (χ4n) is 2.87. The molecule has 6 nitrogen and oxygen atoms in total. The van der Waals surface area contributed by atoms with Gasteiger partial charge >= 0.3 is 0 Å².